The summed E-state index contributed by atoms with van der Waals surface area (Å²) in [4.78, 5) is 23.2. The SMILES string of the molecule is O=c1cc(-c2cccc([N+](=O)[O-])c2)sc2ccccc12. The van der Waals surface area contributed by atoms with Crippen LogP contribution < -0.4 is 5.43 Å². The number of benzene rings is 2. The van der Waals surface area contributed by atoms with Crippen molar-refractivity contribution in [3.8, 4) is 10.4 Å². The molecule has 0 saturated heterocycles. The fraction of sp³-hybridized carbons (Fsp3) is 0. The van der Waals surface area contributed by atoms with Gasteiger partial charge in [0.25, 0.3) is 5.69 Å². The number of non-ortho nitro benzene ring substituents is 1. The molecule has 0 aliphatic carbocycles. The Bertz CT molecular complexity index is 870. The minimum Gasteiger partial charge on any atom is -0.289 e. The van der Waals surface area contributed by atoms with Crippen molar-refractivity contribution in [2.45, 2.75) is 0 Å². The van der Waals surface area contributed by atoms with Crippen molar-refractivity contribution in [3.63, 3.8) is 0 Å². The van der Waals surface area contributed by atoms with E-state index < -0.39 is 4.92 Å². The molecule has 0 N–H and O–H groups in total. The Hall–Kier alpha value is -2.53. The lowest BCUT2D eigenvalue weighted by Gasteiger charge is -2.02. The monoisotopic (exact) mass is 283 g/mol. The largest absolute Gasteiger partial charge is 0.289 e. The summed E-state index contributed by atoms with van der Waals surface area (Å²) in [6, 6.07) is 15.2. The second kappa shape index (κ2) is 4.86. The van der Waals surface area contributed by atoms with Gasteiger partial charge in [-0.2, -0.15) is 0 Å². The van der Waals surface area contributed by atoms with Gasteiger partial charge in [-0.25, -0.2) is 0 Å². The molecule has 0 atom stereocenters. The maximum atomic E-state index is 12.1. The van der Waals surface area contributed by atoms with Crippen LogP contribution in [0.25, 0.3) is 20.5 Å². The number of hydrogen-bond acceptors (Lipinski definition) is 4. The maximum Gasteiger partial charge on any atom is 0.270 e. The lowest BCUT2D eigenvalue weighted by molar-refractivity contribution is -0.384. The van der Waals surface area contributed by atoms with Gasteiger partial charge in [0, 0.05) is 33.2 Å². The van der Waals surface area contributed by atoms with Crippen LogP contribution in [-0.4, -0.2) is 4.92 Å². The quantitative estimate of drug-likeness (QED) is 0.530. The van der Waals surface area contributed by atoms with Crippen LogP contribution in [0.1, 0.15) is 0 Å². The van der Waals surface area contributed by atoms with Crippen molar-refractivity contribution in [3.05, 3.63) is 74.9 Å². The molecule has 2 aromatic carbocycles. The minimum absolute atomic E-state index is 0.0234. The summed E-state index contributed by atoms with van der Waals surface area (Å²) in [7, 11) is 0. The zero-order valence-electron chi connectivity index (χ0n) is 10.3. The Morgan fingerprint density at radius 2 is 1.80 bits per heavy atom. The molecule has 0 amide bonds. The van der Waals surface area contributed by atoms with Gasteiger partial charge in [0.1, 0.15) is 0 Å². The smallest absolute Gasteiger partial charge is 0.270 e. The lowest BCUT2D eigenvalue weighted by atomic mass is 10.1. The van der Waals surface area contributed by atoms with Crippen LogP contribution in [0, 0.1) is 10.1 Å². The zero-order chi connectivity index (χ0) is 14.1. The number of nitro groups is 1. The first kappa shape index (κ1) is 12.5. The van der Waals surface area contributed by atoms with E-state index in [9.17, 15) is 14.9 Å². The first-order valence-electron chi connectivity index (χ1n) is 5.93. The first-order chi connectivity index (χ1) is 9.65. The Morgan fingerprint density at radius 3 is 2.60 bits per heavy atom. The molecule has 0 saturated carbocycles. The fourth-order valence-corrected chi connectivity index (χ4v) is 3.09. The molecule has 20 heavy (non-hydrogen) atoms. The average molecular weight is 283 g/mol. The number of fused-ring (bicyclic) bond motifs is 1. The molecule has 5 heteroatoms. The molecule has 0 spiro atoms. The lowest BCUT2D eigenvalue weighted by Crippen LogP contribution is -1.98. The van der Waals surface area contributed by atoms with Gasteiger partial charge < -0.3 is 0 Å². The Morgan fingerprint density at radius 1 is 1.00 bits per heavy atom. The molecule has 3 rings (SSSR count). The van der Waals surface area contributed by atoms with Gasteiger partial charge in [-0.15, -0.1) is 11.3 Å². The van der Waals surface area contributed by atoms with Crippen LogP contribution >= 0.6 is 11.3 Å². The van der Waals surface area contributed by atoms with Crippen LogP contribution in [0.3, 0.4) is 0 Å². The van der Waals surface area contributed by atoms with Crippen molar-refractivity contribution in [2.75, 3.05) is 0 Å². The summed E-state index contributed by atoms with van der Waals surface area (Å²) in [6.07, 6.45) is 0. The average Bonchev–Trinajstić information content (AvgIpc) is 2.47. The molecule has 1 heterocycles. The van der Waals surface area contributed by atoms with Crippen molar-refractivity contribution in [2.24, 2.45) is 0 Å². The Balaban J connectivity index is 2.22. The van der Waals surface area contributed by atoms with Crippen molar-refractivity contribution >= 4 is 27.1 Å². The molecule has 0 aliphatic rings. The minimum atomic E-state index is -0.437. The normalized spacial score (nSPS) is 10.6. The third-order valence-electron chi connectivity index (χ3n) is 2.98. The van der Waals surface area contributed by atoms with Crippen LogP contribution in [0.4, 0.5) is 5.69 Å². The Labute approximate surface area is 118 Å². The van der Waals surface area contributed by atoms with Gasteiger partial charge >= 0.3 is 0 Å². The van der Waals surface area contributed by atoms with E-state index in [0.717, 1.165) is 9.58 Å². The zero-order valence-corrected chi connectivity index (χ0v) is 11.1. The molecular formula is C15H9NO3S. The van der Waals surface area contributed by atoms with Gasteiger partial charge in [0.2, 0.25) is 0 Å². The second-order valence-corrected chi connectivity index (χ2v) is 5.36. The highest BCUT2D eigenvalue weighted by molar-refractivity contribution is 7.21. The molecule has 0 bridgehead atoms. The maximum absolute atomic E-state index is 12.1. The van der Waals surface area contributed by atoms with E-state index in [1.807, 2.05) is 18.2 Å². The molecular weight excluding hydrogens is 274 g/mol. The summed E-state index contributed by atoms with van der Waals surface area (Å²) in [5, 5.41) is 11.5. The molecule has 1 aromatic heterocycles. The van der Waals surface area contributed by atoms with Gasteiger partial charge in [-0.3, -0.25) is 14.9 Å². The van der Waals surface area contributed by atoms with Gasteiger partial charge in [0.15, 0.2) is 5.43 Å². The molecule has 0 fully saturated rings. The predicted octanol–water partition coefficient (Wildman–Crippen LogP) is 3.84. The number of nitrogens with zero attached hydrogens (tertiary/aromatic N) is 1. The van der Waals surface area contributed by atoms with E-state index in [1.54, 1.807) is 18.2 Å². The summed E-state index contributed by atoms with van der Waals surface area (Å²) < 4.78 is 0.876. The Kier molecular flexibility index (Phi) is 3.04. The first-order valence-corrected chi connectivity index (χ1v) is 6.74. The van der Waals surface area contributed by atoms with E-state index in [2.05, 4.69) is 0 Å². The van der Waals surface area contributed by atoms with Crippen LogP contribution in [0.2, 0.25) is 0 Å². The van der Waals surface area contributed by atoms with E-state index in [1.165, 1.54) is 29.5 Å². The van der Waals surface area contributed by atoms with Crippen molar-refractivity contribution in [1.82, 2.24) is 0 Å². The number of rotatable bonds is 2. The van der Waals surface area contributed by atoms with Gasteiger partial charge in [-0.05, 0) is 17.7 Å². The van der Waals surface area contributed by atoms with E-state index in [4.69, 9.17) is 0 Å². The van der Waals surface area contributed by atoms with Crippen molar-refractivity contribution < 1.29 is 4.92 Å². The summed E-state index contributed by atoms with van der Waals surface area (Å²) in [6.45, 7) is 0. The van der Waals surface area contributed by atoms with Crippen LogP contribution in [-0.2, 0) is 0 Å². The van der Waals surface area contributed by atoms with Crippen LogP contribution in [0.15, 0.2) is 59.4 Å². The second-order valence-electron chi connectivity index (χ2n) is 4.28. The summed E-state index contributed by atoms with van der Waals surface area (Å²) >= 11 is 1.45. The fourth-order valence-electron chi connectivity index (χ4n) is 2.02. The van der Waals surface area contributed by atoms with E-state index >= 15 is 0 Å². The molecule has 0 radical (unpaired) electrons. The highest BCUT2D eigenvalue weighted by Gasteiger charge is 2.09. The summed E-state index contributed by atoms with van der Waals surface area (Å²) in [5.41, 5.74) is 0.642. The third kappa shape index (κ3) is 2.19. The number of hydrogen-bond donors (Lipinski definition) is 0. The molecule has 3 aromatic rings. The van der Waals surface area contributed by atoms with E-state index in [-0.39, 0.29) is 11.1 Å². The molecule has 0 aliphatic heterocycles. The standard InChI is InChI=1S/C15H9NO3S/c17-13-9-15(20-14-7-2-1-6-12(13)14)10-4-3-5-11(8-10)16(18)19/h1-9H. The highest BCUT2D eigenvalue weighted by Crippen LogP contribution is 2.29. The van der Waals surface area contributed by atoms with E-state index in [0.29, 0.717) is 10.9 Å². The highest BCUT2D eigenvalue weighted by atomic mass is 32.1. The van der Waals surface area contributed by atoms with Gasteiger partial charge in [0.05, 0.1) is 4.92 Å². The van der Waals surface area contributed by atoms with Gasteiger partial charge in [-0.1, -0.05) is 24.3 Å². The molecule has 98 valence electrons. The third-order valence-corrected chi connectivity index (χ3v) is 4.13. The topological polar surface area (TPSA) is 60.2 Å². The van der Waals surface area contributed by atoms with Crippen molar-refractivity contribution in [1.29, 1.82) is 0 Å². The molecule has 4 nitrogen and oxygen atoms in total. The molecule has 0 unspecified atom stereocenters. The summed E-state index contributed by atoms with van der Waals surface area (Å²) in [5.74, 6) is 0. The predicted molar refractivity (Wildman–Crippen MR) is 80.2 cm³/mol. The van der Waals surface area contributed by atoms with Crippen LogP contribution in [0.5, 0.6) is 0 Å². The number of nitro benzene ring substituents is 1.